The highest BCUT2D eigenvalue weighted by atomic mass is 19.1. The fourth-order valence-corrected chi connectivity index (χ4v) is 2.60. The van der Waals surface area contributed by atoms with Crippen molar-refractivity contribution in [1.29, 1.82) is 0 Å². The highest BCUT2D eigenvalue weighted by molar-refractivity contribution is 5.95. The third kappa shape index (κ3) is 6.63. The second kappa shape index (κ2) is 10.9. The number of halogens is 1. The molecule has 0 aromatic heterocycles. The van der Waals surface area contributed by atoms with Crippen LogP contribution in [0.3, 0.4) is 0 Å². The second-order valence-electron chi connectivity index (χ2n) is 6.33. The number of amides is 2. The number of carbonyl (C=O) groups is 3. The lowest BCUT2D eigenvalue weighted by atomic mass is 10.0. The SMILES string of the molecule is CO[C@H](/C=C/C(=O)NO)[C@H](OC(=O)Nc1ccc(C(C)=O)cc1)c1ccc(O)c(F)c1. The van der Waals surface area contributed by atoms with Gasteiger partial charge in [-0.05, 0) is 55.0 Å². The van der Waals surface area contributed by atoms with Crippen molar-refractivity contribution in [1.82, 2.24) is 5.48 Å². The topological polar surface area (TPSA) is 134 Å². The summed E-state index contributed by atoms with van der Waals surface area (Å²) >= 11 is 0. The Bertz CT molecular complexity index is 976. The minimum Gasteiger partial charge on any atom is -0.505 e. The fraction of sp³-hybridized carbons (Fsp3) is 0.190. The van der Waals surface area contributed by atoms with Gasteiger partial charge in [0, 0.05) is 24.4 Å². The Morgan fingerprint density at radius 3 is 2.35 bits per heavy atom. The number of ketones is 1. The molecule has 0 saturated carbocycles. The summed E-state index contributed by atoms with van der Waals surface area (Å²) in [5.74, 6) is -2.53. The fourth-order valence-electron chi connectivity index (χ4n) is 2.60. The molecule has 31 heavy (non-hydrogen) atoms. The van der Waals surface area contributed by atoms with Crippen LogP contribution in [0.1, 0.15) is 28.9 Å². The van der Waals surface area contributed by atoms with Crippen molar-refractivity contribution in [2.24, 2.45) is 0 Å². The van der Waals surface area contributed by atoms with E-state index in [4.69, 9.17) is 14.7 Å². The number of benzene rings is 2. The summed E-state index contributed by atoms with van der Waals surface area (Å²) in [6.45, 7) is 1.41. The molecular weight excluding hydrogens is 411 g/mol. The number of phenols is 1. The van der Waals surface area contributed by atoms with Crippen LogP contribution in [0.25, 0.3) is 0 Å². The number of hydrogen-bond donors (Lipinski definition) is 4. The zero-order valence-electron chi connectivity index (χ0n) is 16.7. The number of nitrogens with one attached hydrogen (secondary N) is 2. The third-order valence-electron chi connectivity index (χ3n) is 4.19. The minimum absolute atomic E-state index is 0.134. The Balaban J connectivity index is 2.27. The van der Waals surface area contributed by atoms with E-state index in [1.165, 1.54) is 55.9 Å². The lowest BCUT2D eigenvalue weighted by Gasteiger charge is -2.24. The molecular formula is C21H21FN2O7. The first-order valence-electron chi connectivity index (χ1n) is 8.97. The molecule has 0 aliphatic carbocycles. The molecule has 0 fully saturated rings. The van der Waals surface area contributed by atoms with Gasteiger partial charge in [0.15, 0.2) is 23.5 Å². The van der Waals surface area contributed by atoms with Crippen LogP contribution in [0.15, 0.2) is 54.6 Å². The van der Waals surface area contributed by atoms with Crippen LogP contribution in [-0.4, -0.2) is 41.3 Å². The van der Waals surface area contributed by atoms with Crippen molar-refractivity contribution in [3.8, 4) is 5.75 Å². The Morgan fingerprint density at radius 2 is 1.81 bits per heavy atom. The van der Waals surface area contributed by atoms with Gasteiger partial charge in [-0.3, -0.25) is 20.1 Å². The molecule has 2 amide bonds. The molecule has 0 radical (unpaired) electrons. The van der Waals surface area contributed by atoms with Crippen LogP contribution in [0.2, 0.25) is 0 Å². The molecule has 10 heteroatoms. The van der Waals surface area contributed by atoms with Crippen LogP contribution in [0.4, 0.5) is 14.9 Å². The van der Waals surface area contributed by atoms with E-state index in [0.717, 1.165) is 18.2 Å². The monoisotopic (exact) mass is 432 g/mol. The summed E-state index contributed by atoms with van der Waals surface area (Å²) in [5, 5.41) is 20.5. The van der Waals surface area contributed by atoms with E-state index in [-0.39, 0.29) is 11.3 Å². The Morgan fingerprint density at radius 1 is 1.13 bits per heavy atom. The molecule has 2 rings (SSSR count). The molecule has 4 N–H and O–H groups in total. The third-order valence-corrected chi connectivity index (χ3v) is 4.19. The quantitative estimate of drug-likeness (QED) is 0.218. The van der Waals surface area contributed by atoms with Gasteiger partial charge in [0.1, 0.15) is 6.10 Å². The van der Waals surface area contributed by atoms with Gasteiger partial charge < -0.3 is 14.6 Å². The number of aromatic hydroxyl groups is 1. The number of ether oxygens (including phenoxy) is 2. The number of hydroxylamine groups is 1. The van der Waals surface area contributed by atoms with Crippen LogP contribution in [-0.2, 0) is 14.3 Å². The van der Waals surface area contributed by atoms with Crippen molar-refractivity contribution in [2.75, 3.05) is 12.4 Å². The molecule has 0 aliphatic rings. The average Bonchev–Trinajstić information content (AvgIpc) is 2.75. The highest BCUT2D eigenvalue weighted by Crippen LogP contribution is 2.28. The first kappa shape index (κ1) is 23.5. The van der Waals surface area contributed by atoms with Gasteiger partial charge in [-0.15, -0.1) is 0 Å². The van der Waals surface area contributed by atoms with Crippen LogP contribution >= 0.6 is 0 Å². The second-order valence-corrected chi connectivity index (χ2v) is 6.33. The number of anilines is 1. The van der Waals surface area contributed by atoms with Crippen molar-refractivity contribution in [3.05, 3.63) is 71.6 Å². The van der Waals surface area contributed by atoms with Gasteiger partial charge in [-0.25, -0.2) is 14.7 Å². The van der Waals surface area contributed by atoms with Crippen LogP contribution in [0, 0.1) is 5.82 Å². The largest absolute Gasteiger partial charge is 0.505 e. The minimum atomic E-state index is -1.22. The van der Waals surface area contributed by atoms with E-state index < -0.39 is 35.8 Å². The number of Topliss-reactive ketones (excluding diaryl/α,β-unsaturated/α-hetero) is 1. The summed E-state index contributed by atoms with van der Waals surface area (Å²) < 4.78 is 24.5. The van der Waals surface area contributed by atoms with E-state index in [1.807, 2.05) is 0 Å². The lowest BCUT2D eigenvalue weighted by molar-refractivity contribution is -0.124. The molecule has 2 aromatic rings. The lowest BCUT2D eigenvalue weighted by Crippen LogP contribution is -2.27. The van der Waals surface area contributed by atoms with Crippen LogP contribution in [0.5, 0.6) is 5.75 Å². The Hall–Kier alpha value is -3.76. The zero-order valence-corrected chi connectivity index (χ0v) is 16.7. The maximum absolute atomic E-state index is 13.9. The predicted molar refractivity (Wildman–Crippen MR) is 107 cm³/mol. The summed E-state index contributed by atoms with van der Waals surface area (Å²) in [4.78, 5) is 35.1. The number of methoxy groups -OCH3 is 1. The number of carbonyl (C=O) groups excluding carboxylic acids is 3. The van der Waals surface area contributed by atoms with Gasteiger partial charge in [-0.2, -0.15) is 0 Å². The van der Waals surface area contributed by atoms with Crippen LogP contribution < -0.4 is 10.8 Å². The zero-order chi connectivity index (χ0) is 23.0. The first-order valence-corrected chi connectivity index (χ1v) is 8.97. The van der Waals surface area contributed by atoms with Gasteiger partial charge >= 0.3 is 6.09 Å². The van der Waals surface area contributed by atoms with Crippen molar-refractivity contribution >= 4 is 23.5 Å². The summed E-state index contributed by atoms with van der Waals surface area (Å²) in [6.07, 6.45) is -1.04. The molecule has 0 bridgehead atoms. The van der Waals surface area contributed by atoms with Gasteiger partial charge in [0.05, 0.1) is 0 Å². The molecule has 2 aromatic carbocycles. The standard InChI is InChI=1S/C21H21FN2O7/c1-12(25)13-3-6-15(7-4-13)23-21(28)31-20(14-5-8-17(26)16(22)11-14)18(30-2)9-10-19(27)24-29/h3-11,18,20,26,29H,1-2H3,(H,23,28)(H,24,27)/b10-9+/t18-,20-/m1/s1. The molecule has 0 aliphatic heterocycles. The molecule has 164 valence electrons. The Kier molecular flexibility index (Phi) is 8.24. The van der Waals surface area contributed by atoms with E-state index >= 15 is 0 Å². The predicted octanol–water partition coefficient (Wildman–Crippen LogP) is 3.10. The molecule has 0 unspecified atom stereocenters. The van der Waals surface area contributed by atoms with Gasteiger partial charge in [0.2, 0.25) is 0 Å². The number of rotatable bonds is 8. The average molecular weight is 432 g/mol. The first-order chi connectivity index (χ1) is 14.7. The molecule has 9 nitrogen and oxygen atoms in total. The molecule has 0 heterocycles. The van der Waals surface area contributed by atoms with Crippen molar-refractivity contribution in [2.45, 2.75) is 19.1 Å². The summed E-state index contributed by atoms with van der Waals surface area (Å²) in [5.41, 5.74) is 2.35. The van der Waals surface area contributed by atoms with Gasteiger partial charge in [0.25, 0.3) is 5.91 Å². The maximum atomic E-state index is 13.9. The van der Waals surface area contributed by atoms with E-state index in [1.54, 1.807) is 0 Å². The molecule has 0 spiro atoms. The smallest absolute Gasteiger partial charge is 0.412 e. The number of phenolic OH excluding ortho intramolecular Hbond substituents is 1. The van der Waals surface area contributed by atoms with Crippen molar-refractivity contribution in [3.63, 3.8) is 0 Å². The van der Waals surface area contributed by atoms with Gasteiger partial charge in [-0.1, -0.05) is 6.07 Å². The van der Waals surface area contributed by atoms with Crippen molar-refractivity contribution < 1.29 is 38.6 Å². The van der Waals surface area contributed by atoms with E-state index in [0.29, 0.717) is 11.3 Å². The molecule has 0 saturated heterocycles. The highest BCUT2D eigenvalue weighted by Gasteiger charge is 2.27. The Labute approximate surface area is 177 Å². The maximum Gasteiger partial charge on any atom is 0.412 e. The summed E-state index contributed by atoms with van der Waals surface area (Å²) in [7, 11) is 1.28. The number of hydrogen-bond acceptors (Lipinski definition) is 7. The summed E-state index contributed by atoms with van der Waals surface area (Å²) in [6, 6.07) is 9.43. The normalized spacial score (nSPS) is 12.8. The van der Waals surface area contributed by atoms with E-state index in [2.05, 4.69) is 5.32 Å². The van der Waals surface area contributed by atoms with E-state index in [9.17, 15) is 23.9 Å². The molecule has 2 atom stereocenters.